The van der Waals surface area contributed by atoms with Crippen LogP contribution in [0.3, 0.4) is 0 Å². The monoisotopic (exact) mass is 336 g/mol. The number of ether oxygens (including phenoxy) is 1. The van der Waals surface area contributed by atoms with Gasteiger partial charge in [-0.25, -0.2) is 4.72 Å². The van der Waals surface area contributed by atoms with Gasteiger partial charge in [0, 0.05) is 20.6 Å². The fraction of sp³-hybridized carbons (Fsp3) is 0.833. The van der Waals surface area contributed by atoms with E-state index >= 15 is 0 Å². The zero-order valence-electron chi connectivity index (χ0n) is 8.15. The molecular weight excluding hydrogens is 323 g/mol. The summed E-state index contributed by atoms with van der Waals surface area (Å²) in [4.78, 5) is 10.9. The molecule has 0 rings (SSSR count). The van der Waals surface area contributed by atoms with Crippen molar-refractivity contribution in [3.63, 3.8) is 0 Å². The summed E-state index contributed by atoms with van der Waals surface area (Å²) in [6, 6.07) is 0. The maximum atomic E-state index is 11.2. The second-order valence-electron chi connectivity index (χ2n) is 2.63. The van der Waals surface area contributed by atoms with Gasteiger partial charge < -0.3 is 4.74 Å². The molecule has 0 aromatic heterocycles. The van der Waals surface area contributed by atoms with E-state index in [2.05, 4.69) is 9.46 Å². The molecule has 0 heterocycles. The van der Waals surface area contributed by atoms with E-state index in [1.165, 1.54) is 21.2 Å². The Labute approximate surface area is 97.3 Å². The van der Waals surface area contributed by atoms with E-state index in [4.69, 9.17) is 0 Å². The topological polar surface area (TPSA) is 75.7 Å². The quantitative estimate of drug-likeness (QED) is 0.412. The minimum absolute atomic E-state index is 0.0216. The molecule has 14 heavy (non-hydrogen) atoms. The SMILES string of the molecule is COC(=O)C(I)CNS(=O)(=O)N(C)C. The van der Waals surface area contributed by atoms with Crippen LogP contribution in [0, 0.1) is 0 Å². The van der Waals surface area contributed by atoms with Crippen molar-refractivity contribution >= 4 is 38.8 Å². The summed E-state index contributed by atoms with van der Waals surface area (Å²) in [5, 5.41) is 0. The van der Waals surface area contributed by atoms with Crippen molar-refractivity contribution < 1.29 is 17.9 Å². The average Bonchev–Trinajstić information content (AvgIpc) is 2.12. The molecule has 1 atom stereocenters. The van der Waals surface area contributed by atoms with E-state index in [-0.39, 0.29) is 6.54 Å². The standard InChI is InChI=1S/C6H13IN2O4S/c1-9(2)14(11,12)8-4-5(7)6(10)13-3/h5,8H,4H2,1-3H3. The highest BCUT2D eigenvalue weighted by Crippen LogP contribution is 2.02. The van der Waals surface area contributed by atoms with Crippen LogP contribution in [0.15, 0.2) is 0 Å². The van der Waals surface area contributed by atoms with Crippen LogP contribution in [-0.2, 0) is 19.7 Å². The Morgan fingerprint density at radius 1 is 1.57 bits per heavy atom. The lowest BCUT2D eigenvalue weighted by Crippen LogP contribution is -2.40. The molecule has 0 fully saturated rings. The molecule has 0 saturated heterocycles. The third kappa shape index (κ3) is 4.53. The number of rotatable bonds is 5. The van der Waals surface area contributed by atoms with Crippen molar-refractivity contribution in [3.05, 3.63) is 0 Å². The molecule has 6 nitrogen and oxygen atoms in total. The molecule has 1 N–H and O–H groups in total. The first-order chi connectivity index (χ1) is 6.31. The molecule has 0 radical (unpaired) electrons. The number of hydrogen-bond donors (Lipinski definition) is 1. The van der Waals surface area contributed by atoms with Crippen LogP contribution in [0.5, 0.6) is 0 Å². The summed E-state index contributed by atoms with van der Waals surface area (Å²) in [5.74, 6) is -0.452. The van der Waals surface area contributed by atoms with E-state index in [1.807, 2.05) is 22.6 Å². The minimum atomic E-state index is -3.46. The van der Waals surface area contributed by atoms with Gasteiger partial charge in [-0.2, -0.15) is 12.7 Å². The highest BCUT2D eigenvalue weighted by molar-refractivity contribution is 14.1. The van der Waals surface area contributed by atoms with Gasteiger partial charge in [-0.1, -0.05) is 22.6 Å². The number of methoxy groups -OCH3 is 1. The van der Waals surface area contributed by atoms with Crippen LogP contribution >= 0.6 is 22.6 Å². The first-order valence-corrected chi connectivity index (χ1v) is 6.39. The van der Waals surface area contributed by atoms with Crippen molar-refractivity contribution in [1.82, 2.24) is 9.03 Å². The van der Waals surface area contributed by atoms with E-state index in [0.717, 1.165) is 4.31 Å². The molecule has 0 bridgehead atoms. The molecule has 84 valence electrons. The Kier molecular flexibility index (Phi) is 5.86. The van der Waals surface area contributed by atoms with Gasteiger partial charge >= 0.3 is 5.97 Å². The molecule has 0 spiro atoms. The van der Waals surface area contributed by atoms with Crippen molar-refractivity contribution in [2.45, 2.75) is 3.92 Å². The fourth-order valence-electron chi connectivity index (χ4n) is 0.519. The molecular formula is C6H13IN2O4S. The summed E-state index contributed by atoms with van der Waals surface area (Å²) in [7, 11) is 0.605. The lowest BCUT2D eigenvalue weighted by Gasteiger charge is -2.13. The predicted octanol–water partition coefficient (Wildman–Crippen LogP) is -0.641. The number of carbonyl (C=O) groups is 1. The third-order valence-corrected chi connectivity index (χ3v) is 3.82. The molecule has 0 saturated carbocycles. The normalized spacial score (nSPS) is 14.1. The Morgan fingerprint density at radius 3 is 2.43 bits per heavy atom. The Morgan fingerprint density at radius 2 is 2.07 bits per heavy atom. The highest BCUT2D eigenvalue weighted by Gasteiger charge is 2.19. The van der Waals surface area contributed by atoms with E-state index in [0.29, 0.717) is 0 Å². The van der Waals surface area contributed by atoms with Gasteiger partial charge in [0.25, 0.3) is 10.2 Å². The van der Waals surface area contributed by atoms with Crippen LogP contribution < -0.4 is 4.72 Å². The number of hydrogen-bond acceptors (Lipinski definition) is 4. The van der Waals surface area contributed by atoms with Crippen molar-refractivity contribution in [1.29, 1.82) is 0 Å². The third-order valence-electron chi connectivity index (χ3n) is 1.38. The Hall–Kier alpha value is 0.0700. The van der Waals surface area contributed by atoms with Crippen LogP contribution in [0.25, 0.3) is 0 Å². The Balaban J connectivity index is 4.14. The van der Waals surface area contributed by atoms with Gasteiger partial charge in [-0.05, 0) is 0 Å². The first-order valence-electron chi connectivity index (χ1n) is 3.70. The predicted molar refractivity (Wildman–Crippen MR) is 60.4 cm³/mol. The number of nitrogens with zero attached hydrogens (tertiary/aromatic N) is 1. The molecule has 8 heteroatoms. The first kappa shape index (κ1) is 14.1. The van der Waals surface area contributed by atoms with Crippen molar-refractivity contribution in [2.24, 2.45) is 0 Å². The van der Waals surface area contributed by atoms with E-state index in [1.54, 1.807) is 0 Å². The van der Waals surface area contributed by atoms with Crippen molar-refractivity contribution in [3.8, 4) is 0 Å². The molecule has 1 unspecified atom stereocenters. The van der Waals surface area contributed by atoms with E-state index < -0.39 is 20.1 Å². The number of esters is 1. The second kappa shape index (κ2) is 5.83. The zero-order valence-corrected chi connectivity index (χ0v) is 11.1. The van der Waals surface area contributed by atoms with Gasteiger partial charge in [0.1, 0.15) is 3.92 Å². The lowest BCUT2D eigenvalue weighted by atomic mass is 10.4. The fourth-order valence-corrected chi connectivity index (χ4v) is 1.93. The summed E-state index contributed by atoms with van der Waals surface area (Å²) in [6.07, 6.45) is 0. The summed E-state index contributed by atoms with van der Waals surface area (Å²) < 4.78 is 29.6. The molecule has 0 amide bonds. The molecule has 0 aliphatic heterocycles. The number of nitrogens with one attached hydrogen (secondary N) is 1. The van der Waals surface area contributed by atoms with E-state index in [9.17, 15) is 13.2 Å². The summed E-state index contributed by atoms with van der Waals surface area (Å²) in [5.41, 5.74) is 0. The zero-order chi connectivity index (χ0) is 11.4. The molecule has 0 aliphatic carbocycles. The van der Waals surface area contributed by atoms with Gasteiger partial charge in [0.05, 0.1) is 7.11 Å². The lowest BCUT2D eigenvalue weighted by molar-refractivity contribution is -0.139. The molecule has 0 aromatic rings. The van der Waals surface area contributed by atoms with Gasteiger partial charge in [-0.15, -0.1) is 0 Å². The minimum Gasteiger partial charge on any atom is -0.468 e. The molecule has 0 aliphatic rings. The summed E-state index contributed by atoms with van der Waals surface area (Å²) in [6.45, 7) is 0.0216. The van der Waals surface area contributed by atoms with Gasteiger partial charge in [0.15, 0.2) is 0 Å². The second-order valence-corrected chi connectivity index (χ2v) is 6.10. The molecule has 0 aromatic carbocycles. The Bertz CT molecular complexity index is 290. The van der Waals surface area contributed by atoms with Crippen molar-refractivity contribution in [2.75, 3.05) is 27.7 Å². The summed E-state index contributed by atoms with van der Waals surface area (Å²) >= 11 is 1.81. The van der Waals surface area contributed by atoms with Gasteiger partial charge in [0.2, 0.25) is 0 Å². The smallest absolute Gasteiger partial charge is 0.319 e. The van der Waals surface area contributed by atoms with Crippen LogP contribution in [0.4, 0.5) is 0 Å². The van der Waals surface area contributed by atoms with Crippen LogP contribution in [-0.4, -0.2) is 50.4 Å². The maximum Gasteiger partial charge on any atom is 0.319 e. The van der Waals surface area contributed by atoms with Crippen LogP contribution in [0.2, 0.25) is 0 Å². The maximum absolute atomic E-state index is 11.2. The van der Waals surface area contributed by atoms with Crippen LogP contribution in [0.1, 0.15) is 0 Å². The average molecular weight is 336 g/mol. The number of alkyl halides is 1. The number of carbonyl (C=O) groups excluding carboxylic acids is 1. The highest BCUT2D eigenvalue weighted by atomic mass is 127. The van der Waals surface area contributed by atoms with Gasteiger partial charge in [-0.3, -0.25) is 4.79 Å². The number of halogens is 1. The largest absolute Gasteiger partial charge is 0.468 e.